The van der Waals surface area contributed by atoms with Crippen LogP contribution in [0, 0.1) is 5.82 Å². The Bertz CT molecular complexity index is 365. The van der Waals surface area contributed by atoms with E-state index in [9.17, 15) is 30.7 Å². The predicted octanol–water partition coefficient (Wildman–Crippen LogP) is 3.57. The third-order valence-electron chi connectivity index (χ3n) is 1.70. The summed E-state index contributed by atoms with van der Waals surface area (Å²) >= 11 is 0. The van der Waals surface area contributed by atoms with Crippen LogP contribution in [0.25, 0.3) is 0 Å². The zero-order valence-electron chi connectivity index (χ0n) is 7.25. The van der Waals surface area contributed by atoms with Crippen LogP contribution in [-0.2, 0) is 12.4 Å². The lowest BCUT2D eigenvalue weighted by Gasteiger charge is -2.15. The van der Waals surface area contributed by atoms with Gasteiger partial charge in [0.2, 0.25) is 0 Å². The molecule has 0 aliphatic rings. The number of alkyl halides is 6. The predicted molar refractivity (Wildman–Crippen MR) is 38.1 cm³/mol. The number of phenols is 1. The Morgan fingerprint density at radius 1 is 0.812 bits per heavy atom. The van der Waals surface area contributed by atoms with Gasteiger partial charge in [-0.3, -0.25) is 0 Å². The van der Waals surface area contributed by atoms with Crippen molar-refractivity contribution < 1.29 is 35.8 Å². The minimum atomic E-state index is -5.35. The van der Waals surface area contributed by atoms with Crippen LogP contribution in [0.5, 0.6) is 5.75 Å². The fourth-order valence-electron chi connectivity index (χ4n) is 1.03. The first kappa shape index (κ1) is 12.6. The molecule has 1 aromatic carbocycles. The molecule has 8 heteroatoms. The van der Waals surface area contributed by atoms with Crippen LogP contribution in [0.2, 0.25) is 0 Å². The van der Waals surface area contributed by atoms with E-state index in [1.165, 1.54) is 0 Å². The summed E-state index contributed by atoms with van der Waals surface area (Å²) < 4.78 is 85.5. The molecule has 0 heterocycles. The first-order valence-corrected chi connectivity index (χ1v) is 3.70. The van der Waals surface area contributed by atoms with Gasteiger partial charge in [-0.05, 0) is 12.1 Å². The largest absolute Gasteiger partial charge is 0.505 e. The molecule has 0 saturated heterocycles. The molecule has 0 unspecified atom stereocenters. The highest BCUT2D eigenvalue weighted by Crippen LogP contribution is 2.42. The lowest BCUT2D eigenvalue weighted by Crippen LogP contribution is -2.16. The highest BCUT2D eigenvalue weighted by molar-refractivity contribution is 5.39. The van der Waals surface area contributed by atoms with Crippen molar-refractivity contribution in [1.29, 1.82) is 0 Å². The zero-order chi connectivity index (χ0) is 12.7. The second kappa shape index (κ2) is 3.53. The maximum atomic E-state index is 12.6. The molecule has 0 saturated carbocycles. The summed E-state index contributed by atoms with van der Waals surface area (Å²) in [6.07, 6.45) is -10.7. The third kappa shape index (κ3) is 2.37. The third-order valence-corrected chi connectivity index (χ3v) is 1.70. The summed E-state index contributed by atoms with van der Waals surface area (Å²) in [5.74, 6) is -3.25. The minimum Gasteiger partial charge on any atom is -0.505 e. The maximum Gasteiger partial charge on any atom is 0.417 e. The molecule has 1 aromatic rings. The Labute approximate surface area is 84.1 Å². The van der Waals surface area contributed by atoms with E-state index in [1.54, 1.807) is 0 Å². The van der Waals surface area contributed by atoms with E-state index >= 15 is 0 Å². The molecule has 0 fully saturated rings. The van der Waals surface area contributed by atoms with E-state index in [4.69, 9.17) is 5.11 Å². The number of benzene rings is 1. The second-order valence-corrected chi connectivity index (χ2v) is 2.84. The molecule has 0 bridgehead atoms. The Kier molecular flexibility index (Phi) is 2.78. The highest BCUT2D eigenvalue weighted by Gasteiger charge is 2.43. The molecular formula is C8H3F7O. The van der Waals surface area contributed by atoms with Gasteiger partial charge in [0.1, 0.15) is 0 Å². The van der Waals surface area contributed by atoms with Gasteiger partial charge in [0, 0.05) is 0 Å². The summed E-state index contributed by atoms with van der Waals surface area (Å²) in [5, 5.41) is 8.61. The van der Waals surface area contributed by atoms with Crippen LogP contribution in [0.15, 0.2) is 12.1 Å². The van der Waals surface area contributed by atoms with Crippen LogP contribution in [0.1, 0.15) is 11.1 Å². The van der Waals surface area contributed by atoms with Crippen molar-refractivity contribution in [1.82, 2.24) is 0 Å². The number of hydrogen-bond donors (Lipinski definition) is 1. The molecule has 0 spiro atoms. The van der Waals surface area contributed by atoms with E-state index < -0.39 is 41.1 Å². The number of halogens is 7. The van der Waals surface area contributed by atoms with Gasteiger partial charge in [0.25, 0.3) is 0 Å². The van der Waals surface area contributed by atoms with Crippen LogP contribution in [-0.4, -0.2) is 5.11 Å². The summed E-state index contributed by atoms with van der Waals surface area (Å²) in [5.41, 5.74) is -4.30. The molecule has 90 valence electrons. The molecule has 0 aliphatic heterocycles. The fourth-order valence-corrected chi connectivity index (χ4v) is 1.03. The van der Waals surface area contributed by atoms with E-state index in [1.807, 2.05) is 0 Å². The molecule has 0 aromatic heterocycles. The smallest absolute Gasteiger partial charge is 0.417 e. The number of rotatable bonds is 0. The van der Waals surface area contributed by atoms with Crippen molar-refractivity contribution in [2.45, 2.75) is 12.4 Å². The molecule has 1 N–H and O–H groups in total. The SMILES string of the molecule is Oc1cc(C(F)(F)F)c(C(F)(F)F)cc1F. The van der Waals surface area contributed by atoms with E-state index in [0.29, 0.717) is 0 Å². The Balaban J connectivity index is 3.53. The average Bonchev–Trinajstić information content (AvgIpc) is 2.05. The first-order valence-electron chi connectivity index (χ1n) is 3.70. The van der Waals surface area contributed by atoms with E-state index in [-0.39, 0.29) is 6.07 Å². The molecule has 0 aliphatic carbocycles. The minimum absolute atomic E-state index is 0.293. The molecule has 1 nitrogen and oxygen atoms in total. The zero-order valence-corrected chi connectivity index (χ0v) is 7.25. The van der Waals surface area contributed by atoms with Gasteiger partial charge in [-0.15, -0.1) is 0 Å². The maximum absolute atomic E-state index is 12.6. The van der Waals surface area contributed by atoms with Crippen molar-refractivity contribution in [2.75, 3.05) is 0 Å². The van der Waals surface area contributed by atoms with Gasteiger partial charge >= 0.3 is 12.4 Å². The van der Waals surface area contributed by atoms with Crippen molar-refractivity contribution in [3.8, 4) is 5.75 Å². The van der Waals surface area contributed by atoms with Crippen molar-refractivity contribution in [2.24, 2.45) is 0 Å². The summed E-state index contributed by atoms with van der Waals surface area (Å²) in [6.45, 7) is 0. The van der Waals surface area contributed by atoms with Crippen molar-refractivity contribution in [3.05, 3.63) is 29.1 Å². The molecule has 1 rings (SSSR count). The average molecular weight is 248 g/mol. The van der Waals surface area contributed by atoms with Gasteiger partial charge in [-0.25, -0.2) is 4.39 Å². The number of phenolic OH excluding ortho intramolecular Hbond substituents is 1. The van der Waals surface area contributed by atoms with Crippen LogP contribution in [0.3, 0.4) is 0 Å². The molecule has 0 atom stereocenters. The lowest BCUT2D eigenvalue weighted by atomic mass is 10.1. The summed E-state index contributed by atoms with van der Waals surface area (Å²) in [4.78, 5) is 0. The standard InChI is InChI=1S/C8H3F7O/c9-5-1-3(7(10,11)12)4(2-6(5)16)8(13,14)15/h1-2,16H. The van der Waals surface area contributed by atoms with Gasteiger partial charge in [0.05, 0.1) is 11.1 Å². The Morgan fingerprint density at radius 2 is 1.19 bits per heavy atom. The summed E-state index contributed by atoms with van der Waals surface area (Å²) in [7, 11) is 0. The lowest BCUT2D eigenvalue weighted by molar-refractivity contribution is -0.162. The molecule has 0 radical (unpaired) electrons. The number of hydrogen-bond acceptors (Lipinski definition) is 1. The van der Waals surface area contributed by atoms with E-state index in [0.717, 1.165) is 0 Å². The normalized spacial score (nSPS) is 12.9. The molecule has 16 heavy (non-hydrogen) atoms. The van der Waals surface area contributed by atoms with Gasteiger partial charge in [-0.2, -0.15) is 26.3 Å². The monoisotopic (exact) mass is 248 g/mol. The van der Waals surface area contributed by atoms with Crippen LogP contribution in [0.4, 0.5) is 30.7 Å². The van der Waals surface area contributed by atoms with Gasteiger partial charge < -0.3 is 5.11 Å². The highest BCUT2D eigenvalue weighted by atomic mass is 19.4. The summed E-state index contributed by atoms with van der Waals surface area (Å²) in [6, 6.07) is -0.684. The second-order valence-electron chi connectivity index (χ2n) is 2.84. The fraction of sp³-hybridized carbons (Fsp3) is 0.250. The molecular weight excluding hydrogens is 245 g/mol. The van der Waals surface area contributed by atoms with Crippen molar-refractivity contribution in [3.63, 3.8) is 0 Å². The van der Waals surface area contributed by atoms with E-state index in [2.05, 4.69) is 0 Å². The Morgan fingerprint density at radius 3 is 1.56 bits per heavy atom. The van der Waals surface area contributed by atoms with Crippen molar-refractivity contribution >= 4 is 0 Å². The van der Waals surface area contributed by atoms with Gasteiger partial charge in [0.15, 0.2) is 11.6 Å². The topological polar surface area (TPSA) is 20.2 Å². The molecule has 0 amide bonds. The van der Waals surface area contributed by atoms with Gasteiger partial charge in [-0.1, -0.05) is 0 Å². The van der Waals surface area contributed by atoms with Crippen LogP contribution >= 0.6 is 0 Å². The van der Waals surface area contributed by atoms with Crippen LogP contribution < -0.4 is 0 Å². The number of aromatic hydroxyl groups is 1. The Hall–Kier alpha value is -1.47. The quantitative estimate of drug-likeness (QED) is 0.696. The first-order chi connectivity index (χ1) is 7.03.